The fourth-order valence-electron chi connectivity index (χ4n) is 1.56. The van der Waals surface area contributed by atoms with E-state index in [-0.39, 0.29) is 17.9 Å². The molecule has 0 aromatic heterocycles. The Kier molecular flexibility index (Phi) is 5.69. The normalized spacial score (nSPS) is 11.5. The van der Waals surface area contributed by atoms with Crippen molar-refractivity contribution in [3.8, 4) is 5.75 Å². The largest absolute Gasteiger partial charge is 0.493 e. The molecule has 0 aliphatic heterocycles. The molecule has 1 aromatic rings. The van der Waals surface area contributed by atoms with Gasteiger partial charge in [0, 0.05) is 18.2 Å². The van der Waals surface area contributed by atoms with Gasteiger partial charge in [-0.3, -0.25) is 0 Å². The molecule has 0 radical (unpaired) electrons. The molecule has 0 aliphatic carbocycles. The molecule has 0 heterocycles. The molecule has 0 saturated heterocycles. The second-order valence-corrected chi connectivity index (χ2v) is 5.30. The standard InChI is InChI=1S/C15H19F2NO3/c1-15(2,3)21-14(19)18-7-5-6-10-8-11(16)9-12(17)13(10)20-4/h5-6,8-9H,7H2,1-4H3,(H,18,19). The predicted molar refractivity (Wildman–Crippen MR) is 76.2 cm³/mol. The molecule has 116 valence electrons. The average molecular weight is 299 g/mol. The maximum Gasteiger partial charge on any atom is 0.407 e. The highest BCUT2D eigenvalue weighted by atomic mass is 19.1. The predicted octanol–water partition coefficient (Wildman–Crippen LogP) is 3.51. The van der Waals surface area contributed by atoms with Crippen molar-refractivity contribution in [3.63, 3.8) is 0 Å². The SMILES string of the molecule is COc1c(F)cc(F)cc1C=CCNC(=O)OC(C)(C)C. The zero-order chi connectivity index (χ0) is 16.0. The summed E-state index contributed by atoms with van der Waals surface area (Å²) in [5, 5.41) is 2.50. The van der Waals surface area contributed by atoms with E-state index >= 15 is 0 Å². The zero-order valence-corrected chi connectivity index (χ0v) is 12.5. The first-order valence-corrected chi connectivity index (χ1v) is 6.39. The molecule has 0 unspecified atom stereocenters. The lowest BCUT2D eigenvalue weighted by Gasteiger charge is -2.19. The van der Waals surface area contributed by atoms with E-state index in [1.165, 1.54) is 13.2 Å². The van der Waals surface area contributed by atoms with Gasteiger partial charge in [0.05, 0.1) is 7.11 Å². The third kappa shape index (κ3) is 5.81. The van der Waals surface area contributed by atoms with Crippen molar-refractivity contribution in [2.75, 3.05) is 13.7 Å². The first kappa shape index (κ1) is 16.9. The number of amides is 1. The van der Waals surface area contributed by atoms with Gasteiger partial charge in [0.2, 0.25) is 0 Å². The van der Waals surface area contributed by atoms with Crippen LogP contribution in [-0.2, 0) is 4.74 Å². The van der Waals surface area contributed by atoms with Crippen molar-refractivity contribution < 1.29 is 23.0 Å². The minimum Gasteiger partial charge on any atom is -0.493 e. The van der Waals surface area contributed by atoms with Gasteiger partial charge in [-0.2, -0.15) is 0 Å². The number of hydrogen-bond acceptors (Lipinski definition) is 3. The maximum atomic E-state index is 13.4. The highest BCUT2D eigenvalue weighted by Crippen LogP contribution is 2.25. The molecule has 1 amide bonds. The third-order valence-electron chi connectivity index (χ3n) is 2.30. The summed E-state index contributed by atoms with van der Waals surface area (Å²) < 4.78 is 36.5. The van der Waals surface area contributed by atoms with Gasteiger partial charge in [-0.1, -0.05) is 12.2 Å². The van der Waals surface area contributed by atoms with Crippen LogP contribution in [0.1, 0.15) is 26.3 Å². The Morgan fingerprint density at radius 2 is 2.00 bits per heavy atom. The number of benzene rings is 1. The van der Waals surface area contributed by atoms with Crippen LogP contribution in [0.4, 0.5) is 13.6 Å². The van der Waals surface area contributed by atoms with Crippen LogP contribution in [0.5, 0.6) is 5.75 Å². The van der Waals surface area contributed by atoms with E-state index in [0.717, 1.165) is 12.1 Å². The van der Waals surface area contributed by atoms with E-state index in [1.54, 1.807) is 26.8 Å². The summed E-state index contributed by atoms with van der Waals surface area (Å²) in [7, 11) is 1.30. The second kappa shape index (κ2) is 7.06. The Morgan fingerprint density at radius 1 is 1.33 bits per heavy atom. The summed E-state index contributed by atoms with van der Waals surface area (Å²) in [4.78, 5) is 11.4. The van der Waals surface area contributed by atoms with Gasteiger partial charge in [0.1, 0.15) is 11.4 Å². The number of methoxy groups -OCH3 is 1. The van der Waals surface area contributed by atoms with E-state index in [9.17, 15) is 13.6 Å². The first-order chi connectivity index (χ1) is 9.73. The average Bonchev–Trinajstić information content (AvgIpc) is 2.32. The van der Waals surface area contributed by atoms with Crippen LogP contribution in [0.3, 0.4) is 0 Å². The number of carbonyl (C=O) groups excluding carboxylic acids is 1. The highest BCUT2D eigenvalue weighted by Gasteiger charge is 2.15. The number of halogens is 2. The van der Waals surface area contributed by atoms with Crippen molar-refractivity contribution in [1.82, 2.24) is 5.32 Å². The number of rotatable bonds is 4. The minimum absolute atomic E-state index is 0.0510. The van der Waals surface area contributed by atoms with Gasteiger partial charge in [-0.15, -0.1) is 0 Å². The quantitative estimate of drug-likeness (QED) is 0.925. The van der Waals surface area contributed by atoms with Gasteiger partial charge in [0.15, 0.2) is 11.6 Å². The van der Waals surface area contributed by atoms with Crippen LogP contribution in [0.25, 0.3) is 6.08 Å². The van der Waals surface area contributed by atoms with Crippen molar-refractivity contribution in [1.29, 1.82) is 0 Å². The van der Waals surface area contributed by atoms with E-state index in [4.69, 9.17) is 9.47 Å². The van der Waals surface area contributed by atoms with Crippen LogP contribution < -0.4 is 10.1 Å². The maximum absolute atomic E-state index is 13.4. The van der Waals surface area contributed by atoms with Crippen LogP contribution in [-0.4, -0.2) is 25.3 Å². The topological polar surface area (TPSA) is 47.6 Å². The first-order valence-electron chi connectivity index (χ1n) is 6.39. The van der Waals surface area contributed by atoms with Gasteiger partial charge >= 0.3 is 6.09 Å². The molecule has 4 nitrogen and oxygen atoms in total. The van der Waals surface area contributed by atoms with Crippen LogP contribution in [0.2, 0.25) is 0 Å². The van der Waals surface area contributed by atoms with Crippen LogP contribution >= 0.6 is 0 Å². The Labute approximate surface area is 122 Å². The van der Waals surface area contributed by atoms with E-state index < -0.39 is 23.3 Å². The molecule has 0 saturated carbocycles. The monoisotopic (exact) mass is 299 g/mol. The molecule has 1 N–H and O–H groups in total. The summed E-state index contributed by atoms with van der Waals surface area (Å²) in [6, 6.07) is 1.89. The molecule has 21 heavy (non-hydrogen) atoms. The summed E-state index contributed by atoms with van der Waals surface area (Å²) in [5.74, 6) is -1.53. The molecule has 1 aromatic carbocycles. The Hall–Kier alpha value is -2.11. The van der Waals surface area contributed by atoms with Crippen LogP contribution in [0.15, 0.2) is 18.2 Å². The fraction of sp³-hybridized carbons (Fsp3) is 0.400. The van der Waals surface area contributed by atoms with E-state index in [2.05, 4.69) is 5.32 Å². The van der Waals surface area contributed by atoms with Crippen LogP contribution in [0, 0.1) is 11.6 Å². The zero-order valence-electron chi connectivity index (χ0n) is 12.5. The van der Waals surface area contributed by atoms with Crippen molar-refractivity contribution in [2.45, 2.75) is 26.4 Å². The summed E-state index contributed by atoms with van der Waals surface area (Å²) in [6.07, 6.45) is 2.44. The Bertz CT molecular complexity index is 536. The van der Waals surface area contributed by atoms with Crippen molar-refractivity contribution >= 4 is 12.2 Å². The summed E-state index contributed by atoms with van der Waals surface area (Å²) >= 11 is 0. The van der Waals surface area contributed by atoms with Gasteiger partial charge in [-0.25, -0.2) is 13.6 Å². The summed E-state index contributed by atoms with van der Waals surface area (Å²) in [5.41, 5.74) is -0.330. The number of nitrogens with one attached hydrogen (secondary N) is 1. The second-order valence-electron chi connectivity index (χ2n) is 5.30. The van der Waals surface area contributed by atoms with E-state index in [1.807, 2.05) is 0 Å². The minimum atomic E-state index is -0.780. The molecule has 6 heteroatoms. The number of hydrogen-bond donors (Lipinski definition) is 1. The fourth-order valence-corrected chi connectivity index (χ4v) is 1.56. The Balaban J connectivity index is 2.64. The lowest BCUT2D eigenvalue weighted by atomic mass is 10.1. The number of ether oxygens (including phenoxy) is 2. The van der Waals surface area contributed by atoms with Crippen molar-refractivity contribution in [3.05, 3.63) is 35.4 Å². The molecule has 0 atom stereocenters. The smallest absolute Gasteiger partial charge is 0.407 e. The molecule has 1 rings (SSSR count). The number of alkyl carbamates (subject to hydrolysis) is 1. The van der Waals surface area contributed by atoms with Gasteiger partial charge in [0.25, 0.3) is 0 Å². The molecule has 0 bridgehead atoms. The van der Waals surface area contributed by atoms with Crippen molar-refractivity contribution in [2.24, 2.45) is 0 Å². The molecule has 0 aliphatic rings. The van der Waals surface area contributed by atoms with E-state index in [0.29, 0.717) is 0 Å². The number of carbonyl (C=O) groups is 1. The van der Waals surface area contributed by atoms with Gasteiger partial charge in [-0.05, 0) is 26.8 Å². The lowest BCUT2D eigenvalue weighted by Crippen LogP contribution is -2.32. The molecule has 0 spiro atoms. The summed E-state index contributed by atoms with van der Waals surface area (Å²) in [6.45, 7) is 5.42. The molecular formula is C15H19F2NO3. The molecule has 0 fully saturated rings. The van der Waals surface area contributed by atoms with Gasteiger partial charge < -0.3 is 14.8 Å². The third-order valence-corrected chi connectivity index (χ3v) is 2.30. The molecular weight excluding hydrogens is 280 g/mol. The Morgan fingerprint density at radius 3 is 2.57 bits per heavy atom. The lowest BCUT2D eigenvalue weighted by molar-refractivity contribution is 0.0534. The highest BCUT2D eigenvalue weighted by molar-refractivity contribution is 5.68.